The first kappa shape index (κ1) is 47.2. The average Bonchev–Trinajstić information content (AvgIpc) is 3.35. The zero-order valence-electron chi connectivity index (χ0n) is 33.9. The Labute approximate surface area is 314 Å². The van der Waals surface area contributed by atoms with Gasteiger partial charge in [-0.3, -0.25) is 14.5 Å². The SMILES string of the molecule is CCCCCCCCCCCCCCOCC(C)OCCCCCCCCCCCCCC.CN(C)CC(O)CN1C(=O)c2ccccc2C1=O. The number of hydrogen-bond acceptors (Lipinski definition) is 6. The smallest absolute Gasteiger partial charge is 0.261 e. The highest BCUT2D eigenvalue weighted by Gasteiger charge is 2.36. The second-order valence-electron chi connectivity index (χ2n) is 15.2. The Morgan fingerprint density at radius 1 is 0.608 bits per heavy atom. The van der Waals surface area contributed by atoms with Crippen LogP contribution < -0.4 is 0 Å². The number of benzene rings is 1. The number of ether oxygens (including phenoxy) is 2. The molecule has 0 fully saturated rings. The number of aliphatic hydroxyl groups is 1. The molecule has 2 amide bonds. The van der Waals surface area contributed by atoms with E-state index in [1.807, 2.05) is 19.0 Å². The summed E-state index contributed by atoms with van der Waals surface area (Å²) < 4.78 is 11.7. The number of imide groups is 1. The number of unbranched alkanes of at least 4 members (excludes halogenated alkanes) is 22. The number of carbonyl (C=O) groups excluding carboxylic acids is 2. The predicted molar refractivity (Wildman–Crippen MR) is 215 cm³/mol. The Balaban J connectivity index is 0.000000600. The molecule has 1 heterocycles. The van der Waals surface area contributed by atoms with Crippen molar-refractivity contribution >= 4 is 11.8 Å². The number of likely N-dealkylation sites (N-methyl/N-ethyl adjacent to an activating group) is 1. The number of amides is 2. The van der Waals surface area contributed by atoms with Gasteiger partial charge in [-0.1, -0.05) is 167 Å². The van der Waals surface area contributed by atoms with Crippen LogP contribution >= 0.6 is 0 Å². The van der Waals surface area contributed by atoms with Gasteiger partial charge in [-0.05, 0) is 46.0 Å². The van der Waals surface area contributed by atoms with Gasteiger partial charge in [0, 0.05) is 19.8 Å². The molecule has 0 aromatic heterocycles. The predicted octanol–water partition coefficient (Wildman–Crippen LogP) is 11.0. The highest BCUT2D eigenvalue weighted by molar-refractivity contribution is 6.21. The molecule has 296 valence electrons. The molecule has 0 saturated heterocycles. The van der Waals surface area contributed by atoms with Gasteiger partial charge in [0.15, 0.2) is 0 Å². The Kier molecular flexibility index (Phi) is 30.4. The van der Waals surface area contributed by atoms with E-state index in [1.165, 1.54) is 154 Å². The molecule has 2 atom stereocenters. The number of aliphatic hydroxyl groups excluding tert-OH is 1. The van der Waals surface area contributed by atoms with Crippen molar-refractivity contribution in [3.8, 4) is 0 Å². The molecule has 7 nitrogen and oxygen atoms in total. The molecule has 51 heavy (non-hydrogen) atoms. The molecule has 1 aromatic rings. The minimum Gasteiger partial charge on any atom is -0.390 e. The van der Waals surface area contributed by atoms with Gasteiger partial charge < -0.3 is 19.5 Å². The molecule has 1 N–H and O–H groups in total. The highest BCUT2D eigenvalue weighted by Crippen LogP contribution is 2.22. The van der Waals surface area contributed by atoms with Gasteiger partial charge in [-0.25, -0.2) is 0 Å². The number of nitrogens with zero attached hydrogens (tertiary/aromatic N) is 2. The molecule has 0 bridgehead atoms. The summed E-state index contributed by atoms with van der Waals surface area (Å²) in [7, 11) is 3.65. The molecule has 0 radical (unpaired) electrons. The van der Waals surface area contributed by atoms with Crippen LogP contribution in [0.5, 0.6) is 0 Å². The van der Waals surface area contributed by atoms with Crippen LogP contribution in [0.3, 0.4) is 0 Å². The number of fused-ring (bicyclic) bond motifs is 1. The molecule has 1 aromatic carbocycles. The molecule has 1 aliphatic heterocycles. The average molecular weight is 717 g/mol. The maximum atomic E-state index is 12.0. The van der Waals surface area contributed by atoms with Crippen molar-refractivity contribution in [2.24, 2.45) is 0 Å². The Hall–Kier alpha value is -1.80. The van der Waals surface area contributed by atoms with E-state index in [2.05, 4.69) is 20.8 Å². The third-order valence-electron chi connectivity index (χ3n) is 9.74. The lowest BCUT2D eigenvalue weighted by Gasteiger charge is -2.21. The zero-order chi connectivity index (χ0) is 37.4. The van der Waals surface area contributed by atoms with Crippen LogP contribution in [0.1, 0.15) is 196 Å². The first-order chi connectivity index (χ1) is 24.8. The lowest BCUT2D eigenvalue weighted by Crippen LogP contribution is -2.40. The van der Waals surface area contributed by atoms with E-state index >= 15 is 0 Å². The second-order valence-corrected chi connectivity index (χ2v) is 15.2. The highest BCUT2D eigenvalue weighted by atomic mass is 16.5. The third kappa shape index (κ3) is 25.0. The topological polar surface area (TPSA) is 79.3 Å². The molecule has 0 saturated carbocycles. The minimum atomic E-state index is -0.734. The lowest BCUT2D eigenvalue weighted by molar-refractivity contribution is -0.00869. The quantitative estimate of drug-likeness (QED) is 0.0576. The molecule has 2 unspecified atom stereocenters. The van der Waals surface area contributed by atoms with Crippen LogP contribution in [0, 0.1) is 0 Å². The summed E-state index contributed by atoms with van der Waals surface area (Å²) in [5.41, 5.74) is 0.833. The van der Waals surface area contributed by atoms with E-state index < -0.39 is 6.10 Å². The van der Waals surface area contributed by atoms with Crippen molar-refractivity contribution in [1.29, 1.82) is 0 Å². The summed E-state index contributed by atoms with van der Waals surface area (Å²) in [5, 5.41) is 9.81. The van der Waals surface area contributed by atoms with Gasteiger partial charge in [0.2, 0.25) is 0 Å². The summed E-state index contributed by atoms with van der Waals surface area (Å²) in [6.07, 6.45) is 33.0. The van der Waals surface area contributed by atoms with Crippen LogP contribution in [0.4, 0.5) is 0 Å². The standard InChI is InChI=1S/C31H64O2.C13H16N2O3/c1-4-6-8-10-12-14-16-18-20-22-24-26-28-32-30-31(3)33-29-27-25-23-21-19-17-15-13-11-9-7-5-2;1-14(2)7-9(16)8-15-12(17)10-5-3-4-6-11(10)13(15)18/h31H,4-30H2,1-3H3;3-6,9,16H,7-8H2,1-2H3. The minimum absolute atomic E-state index is 0.0323. The van der Waals surface area contributed by atoms with Gasteiger partial charge in [-0.15, -0.1) is 0 Å². The van der Waals surface area contributed by atoms with Crippen LogP contribution in [-0.2, 0) is 9.47 Å². The van der Waals surface area contributed by atoms with Crippen LogP contribution in [0.2, 0.25) is 0 Å². The third-order valence-corrected chi connectivity index (χ3v) is 9.74. The molecule has 0 spiro atoms. The fraction of sp³-hybridized carbons (Fsp3) is 0.818. The molecular formula is C44H80N2O5. The molecule has 2 rings (SSSR count). The van der Waals surface area contributed by atoms with Crippen molar-refractivity contribution < 1.29 is 24.2 Å². The van der Waals surface area contributed by atoms with Crippen LogP contribution in [0.15, 0.2) is 24.3 Å². The number of β-amino-alcohol motifs (C(OH)–C–C–N with tert-alkyl or cyclic N) is 1. The van der Waals surface area contributed by atoms with Crippen LogP contribution in [-0.4, -0.2) is 85.9 Å². The molecule has 0 aliphatic carbocycles. The van der Waals surface area contributed by atoms with E-state index in [0.717, 1.165) is 24.7 Å². The Morgan fingerprint density at radius 2 is 0.980 bits per heavy atom. The number of carbonyl (C=O) groups is 2. The van der Waals surface area contributed by atoms with E-state index in [-0.39, 0.29) is 24.5 Å². The van der Waals surface area contributed by atoms with Crippen molar-refractivity contribution in [3.05, 3.63) is 35.4 Å². The zero-order valence-corrected chi connectivity index (χ0v) is 33.9. The summed E-state index contributed by atoms with van der Waals surface area (Å²) in [6, 6.07) is 6.72. The van der Waals surface area contributed by atoms with E-state index in [9.17, 15) is 14.7 Å². The van der Waals surface area contributed by atoms with Gasteiger partial charge in [0.1, 0.15) is 0 Å². The van der Waals surface area contributed by atoms with Crippen molar-refractivity contribution in [2.45, 2.75) is 187 Å². The van der Waals surface area contributed by atoms with E-state index in [1.54, 1.807) is 24.3 Å². The van der Waals surface area contributed by atoms with Gasteiger partial charge in [-0.2, -0.15) is 0 Å². The lowest BCUT2D eigenvalue weighted by atomic mass is 10.1. The summed E-state index contributed by atoms with van der Waals surface area (Å²) in [5.74, 6) is -0.651. The summed E-state index contributed by atoms with van der Waals surface area (Å²) >= 11 is 0. The number of rotatable bonds is 33. The first-order valence-corrected chi connectivity index (χ1v) is 21.3. The fourth-order valence-corrected chi connectivity index (χ4v) is 6.67. The largest absolute Gasteiger partial charge is 0.390 e. The molecule has 7 heteroatoms. The Bertz CT molecular complexity index is 936. The van der Waals surface area contributed by atoms with E-state index in [4.69, 9.17) is 9.47 Å². The van der Waals surface area contributed by atoms with Gasteiger partial charge in [0.05, 0.1) is 36.5 Å². The van der Waals surface area contributed by atoms with Crippen molar-refractivity contribution in [2.75, 3.05) is 47.0 Å². The fourth-order valence-electron chi connectivity index (χ4n) is 6.67. The van der Waals surface area contributed by atoms with Crippen molar-refractivity contribution in [1.82, 2.24) is 9.80 Å². The monoisotopic (exact) mass is 717 g/mol. The van der Waals surface area contributed by atoms with Crippen LogP contribution in [0.25, 0.3) is 0 Å². The molecule has 1 aliphatic rings. The normalized spacial score (nSPS) is 13.8. The summed E-state index contributed by atoms with van der Waals surface area (Å²) in [6.45, 7) is 9.75. The van der Waals surface area contributed by atoms with Crippen molar-refractivity contribution in [3.63, 3.8) is 0 Å². The summed E-state index contributed by atoms with van der Waals surface area (Å²) in [4.78, 5) is 26.9. The maximum Gasteiger partial charge on any atom is 0.261 e. The second kappa shape index (κ2) is 32.8. The number of hydrogen-bond donors (Lipinski definition) is 1. The first-order valence-electron chi connectivity index (χ1n) is 21.3. The van der Waals surface area contributed by atoms with E-state index in [0.29, 0.717) is 17.7 Å². The van der Waals surface area contributed by atoms with Gasteiger partial charge in [0.25, 0.3) is 11.8 Å². The van der Waals surface area contributed by atoms with Gasteiger partial charge >= 0.3 is 0 Å². The Morgan fingerprint density at radius 3 is 1.37 bits per heavy atom. The molecular weight excluding hydrogens is 636 g/mol. The maximum absolute atomic E-state index is 12.0.